The fourth-order valence-corrected chi connectivity index (χ4v) is 3.56. The highest BCUT2D eigenvalue weighted by atomic mass is 32.2. The molecular formula is C13H15N5S. The van der Waals surface area contributed by atoms with E-state index in [1.165, 1.54) is 31.0 Å². The quantitative estimate of drug-likeness (QED) is 0.804. The van der Waals surface area contributed by atoms with Crippen LogP contribution >= 0.6 is 11.8 Å². The van der Waals surface area contributed by atoms with Crippen molar-refractivity contribution in [2.45, 2.75) is 42.5 Å². The first kappa shape index (κ1) is 12.4. The van der Waals surface area contributed by atoms with Crippen molar-refractivity contribution >= 4 is 17.5 Å². The summed E-state index contributed by atoms with van der Waals surface area (Å²) < 4.78 is 1.65. The van der Waals surface area contributed by atoms with Crippen molar-refractivity contribution in [3.05, 3.63) is 18.5 Å². The Labute approximate surface area is 116 Å². The van der Waals surface area contributed by atoms with Gasteiger partial charge in [-0.2, -0.15) is 10.2 Å². The Morgan fingerprint density at radius 3 is 2.95 bits per heavy atom. The second kappa shape index (κ2) is 5.57. The Balaban J connectivity index is 1.76. The molecule has 0 unspecified atom stereocenters. The van der Waals surface area contributed by atoms with Crippen LogP contribution < -0.4 is 0 Å². The van der Waals surface area contributed by atoms with Crippen molar-refractivity contribution in [1.29, 1.82) is 5.26 Å². The molecule has 2 aromatic rings. The Hall–Kier alpha value is -1.61. The molecular weight excluding hydrogens is 258 g/mol. The van der Waals surface area contributed by atoms with Crippen molar-refractivity contribution in [1.82, 2.24) is 19.6 Å². The zero-order valence-electron chi connectivity index (χ0n) is 10.6. The normalized spacial score (nSPS) is 18.3. The van der Waals surface area contributed by atoms with E-state index in [9.17, 15) is 5.26 Å². The molecule has 98 valence electrons. The van der Waals surface area contributed by atoms with E-state index in [0.29, 0.717) is 16.9 Å². The summed E-state index contributed by atoms with van der Waals surface area (Å²) in [5.74, 6) is 1.06. The summed E-state index contributed by atoms with van der Waals surface area (Å²) in [5, 5.41) is 14.3. The van der Waals surface area contributed by atoms with Gasteiger partial charge in [-0.3, -0.25) is 0 Å². The molecule has 0 radical (unpaired) electrons. The van der Waals surface area contributed by atoms with Crippen LogP contribution in [0.4, 0.5) is 0 Å². The molecule has 1 saturated carbocycles. The number of aromatic nitrogens is 4. The van der Waals surface area contributed by atoms with Crippen LogP contribution in [0.25, 0.3) is 5.78 Å². The molecule has 2 aromatic heterocycles. The topological polar surface area (TPSA) is 66.9 Å². The monoisotopic (exact) mass is 273 g/mol. The molecule has 0 spiro atoms. The van der Waals surface area contributed by atoms with Crippen molar-refractivity contribution in [2.24, 2.45) is 5.92 Å². The van der Waals surface area contributed by atoms with Crippen LogP contribution in [0.5, 0.6) is 0 Å². The molecule has 0 aromatic carbocycles. The zero-order valence-corrected chi connectivity index (χ0v) is 11.4. The second-order valence-electron chi connectivity index (χ2n) is 4.82. The molecule has 3 rings (SSSR count). The summed E-state index contributed by atoms with van der Waals surface area (Å²) in [6.45, 7) is 0. The van der Waals surface area contributed by atoms with Crippen LogP contribution in [0.2, 0.25) is 0 Å². The fourth-order valence-electron chi connectivity index (χ4n) is 2.54. The average Bonchev–Trinajstić information content (AvgIpc) is 2.88. The van der Waals surface area contributed by atoms with Crippen LogP contribution in [-0.4, -0.2) is 24.8 Å². The highest BCUT2D eigenvalue weighted by Crippen LogP contribution is 2.34. The third-order valence-corrected chi connectivity index (χ3v) is 4.66. The lowest BCUT2D eigenvalue weighted by atomic mass is 9.87. The number of rotatable bonds is 3. The van der Waals surface area contributed by atoms with E-state index in [4.69, 9.17) is 0 Å². The maximum Gasteiger partial charge on any atom is 0.253 e. The zero-order chi connectivity index (χ0) is 13.1. The summed E-state index contributed by atoms with van der Waals surface area (Å²) in [6.07, 6.45) is 9.60. The Morgan fingerprint density at radius 1 is 1.37 bits per heavy atom. The van der Waals surface area contributed by atoms with E-state index >= 15 is 0 Å². The average molecular weight is 273 g/mol. The summed E-state index contributed by atoms with van der Waals surface area (Å²) in [7, 11) is 0. The standard InChI is InChI=1S/C13H15N5S/c14-9-11(10-5-2-1-3-6-10)19-13-16-12-15-7-4-8-18(12)17-13/h4,7-8,10-11H,1-3,5-6H2/t11-/m0/s1. The lowest BCUT2D eigenvalue weighted by Gasteiger charge is -2.24. The second-order valence-corrected chi connectivity index (χ2v) is 5.93. The minimum absolute atomic E-state index is 0.0438. The molecule has 1 aliphatic rings. The van der Waals surface area contributed by atoms with Gasteiger partial charge in [0.05, 0.1) is 6.07 Å². The van der Waals surface area contributed by atoms with Crippen molar-refractivity contribution < 1.29 is 0 Å². The van der Waals surface area contributed by atoms with Crippen LogP contribution in [0, 0.1) is 17.2 Å². The predicted octanol–water partition coefficient (Wildman–Crippen LogP) is 2.69. The van der Waals surface area contributed by atoms with Gasteiger partial charge in [-0.15, -0.1) is 5.10 Å². The molecule has 1 fully saturated rings. The Kier molecular flexibility index (Phi) is 3.65. The number of nitriles is 1. The molecule has 0 N–H and O–H groups in total. The molecule has 6 heteroatoms. The third kappa shape index (κ3) is 2.71. The predicted molar refractivity (Wildman–Crippen MR) is 72.6 cm³/mol. The number of thioether (sulfide) groups is 1. The number of fused-ring (bicyclic) bond motifs is 1. The molecule has 0 amide bonds. The van der Waals surface area contributed by atoms with E-state index in [1.54, 1.807) is 10.7 Å². The first-order valence-electron chi connectivity index (χ1n) is 6.60. The maximum atomic E-state index is 9.37. The van der Waals surface area contributed by atoms with Gasteiger partial charge in [-0.25, -0.2) is 9.50 Å². The van der Waals surface area contributed by atoms with Gasteiger partial charge < -0.3 is 0 Å². The number of hydrogen-bond acceptors (Lipinski definition) is 5. The van der Waals surface area contributed by atoms with Crippen molar-refractivity contribution in [3.63, 3.8) is 0 Å². The van der Waals surface area contributed by atoms with Crippen molar-refractivity contribution in [2.75, 3.05) is 0 Å². The highest BCUT2D eigenvalue weighted by Gasteiger charge is 2.25. The number of hydrogen-bond donors (Lipinski definition) is 0. The Bertz CT molecular complexity index is 563. The Morgan fingerprint density at radius 2 is 2.21 bits per heavy atom. The van der Waals surface area contributed by atoms with Crippen LogP contribution in [-0.2, 0) is 0 Å². The van der Waals surface area contributed by atoms with Gasteiger partial charge in [0.15, 0.2) is 0 Å². The smallest absolute Gasteiger partial charge is 0.220 e. The van der Waals surface area contributed by atoms with Gasteiger partial charge in [-0.05, 0) is 24.8 Å². The van der Waals surface area contributed by atoms with Gasteiger partial charge in [0, 0.05) is 12.4 Å². The lowest BCUT2D eigenvalue weighted by Crippen LogP contribution is -2.18. The summed E-state index contributed by atoms with van der Waals surface area (Å²) in [5.41, 5.74) is 0. The van der Waals surface area contributed by atoms with Crippen LogP contribution in [0.1, 0.15) is 32.1 Å². The van der Waals surface area contributed by atoms with Gasteiger partial charge >= 0.3 is 0 Å². The summed E-state index contributed by atoms with van der Waals surface area (Å²) >= 11 is 1.48. The van der Waals surface area contributed by atoms with Gasteiger partial charge in [-0.1, -0.05) is 31.0 Å². The molecule has 0 saturated heterocycles. The minimum atomic E-state index is -0.0438. The fraction of sp³-hybridized carbons (Fsp3) is 0.538. The third-order valence-electron chi connectivity index (χ3n) is 3.53. The maximum absolute atomic E-state index is 9.37. The molecule has 0 bridgehead atoms. The van der Waals surface area contributed by atoms with E-state index in [1.807, 2.05) is 12.3 Å². The molecule has 1 atom stereocenters. The summed E-state index contributed by atoms with van der Waals surface area (Å²) in [4.78, 5) is 8.49. The molecule has 0 aliphatic heterocycles. The van der Waals surface area contributed by atoms with E-state index < -0.39 is 0 Å². The largest absolute Gasteiger partial charge is 0.253 e. The van der Waals surface area contributed by atoms with Gasteiger partial charge in [0.2, 0.25) is 5.16 Å². The summed E-state index contributed by atoms with van der Waals surface area (Å²) in [6, 6.07) is 4.24. The van der Waals surface area contributed by atoms with Crippen LogP contribution in [0.15, 0.2) is 23.6 Å². The van der Waals surface area contributed by atoms with Gasteiger partial charge in [0.25, 0.3) is 5.78 Å². The molecule has 5 nitrogen and oxygen atoms in total. The van der Waals surface area contributed by atoms with Gasteiger partial charge in [0.1, 0.15) is 5.25 Å². The van der Waals surface area contributed by atoms with E-state index in [0.717, 1.165) is 12.8 Å². The molecule has 2 heterocycles. The van der Waals surface area contributed by atoms with E-state index in [2.05, 4.69) is 21.1 Å². The van der Waals surface area contributed by atoms with Crippen molar-refractivity contribution in [3.8, 4) is 6.07 Å². The van der Waals surface area contributed by atoms with Crippen LogP contribution in [0.3, 0.4) is 0 Å². The number of nitrogens with zero attached hydrogens (tertiary/aromatic N) is 5. The molecule has 1 aliphatic carbocycles. The minimum Gasteiger partial charge on any atom is -0.220 e. The molecule has 19 heavy (non-hydrogen) atoms. The lowest BCUT2D eigenvalue weighted by molar-refractivity contribution is 0.370. The van der Waals surface area contributed by atoms with E-state index in [-0.39, 0.29) is 5.25 Å². The SMILES string of the molecule is N#C[C@H](Sc1nc2ncccn2n1)C1CCCCC1. The highest BCUT2D eigenvalue weighted by molar-refractivity contribution is 8.00. The first-order valence-corrected chi connectivity index (χ1v) is 7.48. The first-order chi connectivity index (χ1) is 9.36.